The van der Waals surface area contributed by atoms with E-state index in [0.717, 1.165) is 24.5 Å². The molecule has 1 N–H and O–H groups in total. The van der Waals surface area contributed by atoms with E-state index in [2.05, 4.69) is 24.1 Å². The van der Waals surface area contributed by atoms with E-state index >= 15 is 0 Å². The van der Waals surface area contributed by atoms with Crippen molar-refractivity contribution in [2.75, 3.05) is 13.2 Å². The predicted octanol–water partition coefficient (Wildman–Crippen LogP) is 2.18. The van der Waals surface area contributed by atoms with Crippen LogP contribution in [-0.2, 0) is 4.74 Å². The van der Waals surface area contributed by atoms with Gasteiger partial charge in [0.1, 0.15) is 5.69 Å². The Labute approximate surface area is 105 Å². The van der Waals surface area contributed by atoms with Crippen LogP contribution in [0.2, 0.25) is 0 Å². The lowest BCUT2D eigenvalue weighted by Crippen LogP contribution is -2.31. The molecular formula is C12H18N2O2S. The maximum Gasteiger partial charge on any atom is 0.270 e. The minimum absolute atomic E-state index is 0.0938. The number of aromatic nitrogens is 1. The summed E-state index contributed by atoms with van der Waals surface area (Å²) in [7, 11) is 0. The minimum Gasteiger partial charge on any atom is -0.376 e. The molecule has 2 rings (SSSR count). The Hall–Kier alpha value is -0.940. The van der Waals surface area contributed by atoms with Gasteiger partial charge < -0.3 is 10.1 Å². The van der Waals surface area contributed by atoms with Gasteiger partial charge in [0.2, 0.25) is 0 Å². The average molecular weight is 254 g/mol. The molecule has 94 valence electrons. The molecule has 1 amide bonds. The van der Waals surface area contributed by atoms with Gasteiger partial charge in [-0.3, -0.25) is 4.79 Å². The highest BCUT2D eigenvalue weighted by atomic mass is 32.1. The van der Waals surface area contributed by atoms with Gasteiger partial charge in [0.15, 0.2) is 0 Å². The summed E-state index contributed by atoms with van der Waals surface area (Å²) >= 11 is 1.54. The number of ether oxygens (including phenoxy) is 1. The van der Waals surface area contributed by atoms with Gasteiger partial charge in [-0.25, -0.2) is 4.98 Å². The summed E-state index contributed by atoms with van der Waals surface area (Å²) in [6, 6.07) is 0. The zero-order valence-corrected chi connectivity index (χ0v) is 11.0. The average Bonchev–Trinajstić information content (AvgIpc) is 2.96. The highest BCUT2D eigenvalue weighted by molar-refractivity contribution is 7.09. The SMILES string of the molecule is CC(C)c1nc(C(=O)NCC2CCCO2)cs1. The summed E-state index contributed by atoms with van der Waals surface area (Å²) in [6.45, 7) is 5.56. The fourth-order valence-electron chi connectivity index (χ4n) is 1.76. The van der Waals surface area contributed by atoms with E-state index in [1.807, 2.05) is 5.38 Å². The smallest absolute Gasteiger partial charge is 0.270 e. The van der Waals surface area contributed by atoms with E-state index in [1.165, 1.54) is 0 Å². The fraction of sp³-hybridized carbons (Fsp3) is 0.667. The largest absolute Gasteiger partial charge is 0.376 e. The minimum atomic E-state index is -0.0938. The highest BCUT2D eigenvalue weighted by Gasteiger charge is 2.18. The fourth-order valence-corrected chi connectivity index (χ4v) is 2.57. The Balaban J connectivity index is 1.85. The molecular weight excluding hydrogens is 236 g/mol. The maximum atomic E-state index is 11.8. The van der Waals surface area contributed by atoms with Crippen LogP contribution < -0.4 is 5.32 Å². The number of nitrogens with one attached hydrogen (secondary N) is 1. The van der Waals surface area contributed by atoms with Crippen molar-refractivity contribution in [3.05, 3.63) is 16.1 Å². The molecule has 1 aromatic heterocycles. The third-order valence-electron chi connectivity index (χ3n) is 2.76. The molecule has 0 bridgehead atoms. The second kappa shape index (κ2) is 5.60. The number of nitrogens with zero attached hydrogens (tertiary/aromatic N) is 1. The molecule has 1 atom stereocenters. The molecule has 1 aliphatic heterocycles. The van der Waals surface area contributed by atoms with Crippen molar-refractivity contribution in [3.8, 4) is 0 Å². The second-order valence-corrected chi connectivity index (χ2v) is 5.46. The predicted molar refractivity (Wildman–Crippen MR) is 67.5 cm³/mol. The topological polar surface area (TPSA) is 51.2 Å². The first-order chi connectivity index (χ1) is 8.16. The molecule has 1 saturated heterocycles. The van der Waals surface area contributed by atoms with Crippen LogP contribution in [-0.4, -0.2) is 30.1 Å². The van der Waals surface area contributed by atoms with E-state index in [9.17, 15) is 4.79 Å². The number of hydrogen-bond donors (Lipinski definition) is 1. The Kier molecular flexibility index (Phi) is 4.12. The molecule has 0 aromatic carbocycles. The van der Waals surface area contributed by atoms with Crippen LogP contribution >= 0.6 is 11.3 Å². The number of thiazole rings is 1. The Morgan fingerprint density at radius 3 is 3.12 bits per heavy atom. The quantitative estimate of drug-likeness (QED) is 0.896. The molecule has 0 radical (unpaired) electrons. The van der Waals surface area contributed by atoms with E-state index in [1.54, 1.807) is 11.3 Å². The highest BCUT2D eigenvalue weighted by Crippen LogP contribution is 2.19. The van der Waals surface area contributed by atoms with E-state index in [4.69, 9.17) is 4.74 Å². The van der Waals surface area contributed by atoms with E-state index < -0.39 is 0 Å². The van der Waals surface area contributed by atoms with Gasteiger partial charge in [-0.15, -0.1) is 11.3 Å². The first-order valence-corrected chi connectivity index (χ1v) is 6.90. The van der Waals surface area contributed by atoms with Crippen molar-refractivity contribution < 1.29 is 9.53 Å². The summed E-state index contributed by atoms with van der Waals surface area (Å²) in [6.07, 6.45) is 2.31. The molecule has 1 aromatic rings. The Morgan fingerprint density at radius 2 is 2.53 bits per heavy atom. The number of carbonyl (C=O) groups is 1. The van der Waals surface area contributed by atoms with Crippen molar-refractivity contribution in [3.63, 3.8) is 0 Å². The first kappa shape index (κ1) is 12.5. The zero-order chi connectivity index (χ0) is 12.3. The van der Waals surface area contributed by atoms with E-state index in [0.29, 0.717) is 18.2 Å². The molecule has 4 nitrogen and oxygen atoms in total. The summed E-state index contributed by atoms with van der Waals surface area (Å²) in [5.74, 6) is 0.281. The van der Waals surface area contributed by atoms with Gasteiger partial charge in [-0.2, -0.15) is 0 Å². The Bertz CT molecular complexity index is 384. The summed E-state index contributed by atoms with van der Waals surface area (Å²) < 4.78 is 5.45. The molecule has 17 heavy (non-hydrogen) atoms. The lowest BCUT2D eigenvalue weighted by atomic mass is 10.2. The third kappa shape index (κ3) is 3.26. The number of hydrogen-bond acceptors (Lipinski definition) is 4. The molecule has 1 unspecified atom stereocenters. The number of amides is 1. The van der Waals surface area contributed by atoms with Crippen LogP contribution in [0.1, 0.15) is 48.1 Å². The molecule has 1 fully saturated rings. The summed E-state index contributed by atoms with van der Waals surface area (Å²) in [5.41, 5.74) is 0.525. The van der Waals surface area contributed by atoms with Crippen molar-refractivity contribution >= 4 is 17.2 Å². The van der Waals surface area contributed by atoms with Crippen LogP contribution in [0.4, 0.5) is 0 Å². The van der Waals surface area contributed by atoms with Crippen LogP contribution in [0.25, 0.3) is 0 Å². The van der Waals surface area contributed by atoms with Gasteiger partial charge in [0.25, 0.3) is 5.91 Å². The normalized spacial score (nSPS) is 19.8. The lowest BCUT2D eigenvalue weighted by molar-refractivity contribution is 0.0854. The third-order valence-corrected chi connectivity index (χ3v) is 3.91. The maximum absolute atomic E-state index is 11.8. The molecule has 1 aliphatic rings. The van der Waals surface area contributed by atoms with Crippen molar-refractivity contribution in [1.82, 2.24) is 10.3 Å². The standard InChI is InChI=1S/C12H18N2O2S/c1-8(2)12-14-10(7-17-12)11(15)13-6-9-4-3-5-16-9/h7-9H,3-6H2,1-2H3,(H,13,15). The number of carbonyl (C=O) groups excluding carboxylic acids is 1. The lowest BCUT2D eigenvalue weighted by Gasteiger charge is -2.09. The summed E-state index contributed by atoms with van der Waals surface area (Å²) in [4.78, 5) is 16.1. The van der Waals surface area contributed by atoms with Gasteiger partial charge in [-0.05, 0) is 12.8 Å². The van der Waals surface area contributed by atoms with Gasteiger partial charge in [0, 0.05) is 24.4 Å². The van der Waals surface area contributed by atoms with Gasteiger partial charge >= 0.3 is 0 Å². The zero-order valence-electron chi connectivity index (χ0n) is 10.2. The van der Waals surface area contributed by atoms with Crippen molar-refractivity contribution in [2.45, 2.75) is 38.7 Å². The number of rotatable bonds is 4. The van der Waals surface area contributed by atoms with Crippen LogP contribution in [0.5, 0.6) is 0 Å². The molecule has 0 aliphatic carbocycles. The van der Waals surface area contributed by atoms with Crippen LogP contribution in [0, 0.1) is 0 Å². The molecule has 0 saturated carbocycles. The molecule has 5 heteroatoms. The second-order valence-electron chi connectivity index (χ2n) is 4.57. The first-order valence-electron chi connectivity index (χ1n) is 6.02. The van der Waals surface area contributed by atoms with Crippen LogP contribution in [0.15, 0.2) is 5.38 Å². The monoisotopic (exact) mass is 254 g/mol. The van der Waals surface area contributed by atoms with Crippen LogP contribution in [0.3, 0.4) is 0 Å². The van der Waals surface area contributed by atoms with E-state index in [-0.39, 0.29) is 12.0 Å². The van der Waals surface area contributed by atoms with Gasteiger partial charge in [0.05, 0.1) is 11.1 Å². The van der Waals surface area contributed by atoms with Crippen molar-refractivity contribution in [2.24, 2.45) is 0 Å². The molecule has 0 spiro atoms. The summed E-state index contributed by atoms with van der Waals surface area (Å²) in [5, 5.41) is 5.70. The van der Waals surface area contributed by atoms with Crippen molar-refractivity contribution in [1.29, 1.82) is 0 Å². The Morgan fingerprint density at radius 1 is 1.71 bits per heavy atom. The molecule has 2 heterocycles. The van der Waals surface area contributed by atoms with Gasteiger partial charge in [-0.1, -0.05) is 13.8 Å².